The van der Waals surface area contributed by atoms with E-state index in [-0.39, 0.29) is 5.69 Å². The van der Waals surface area contributed by atoms with Gasteiger partial charge in [0.05, 0.1) is 11.5 Å². The van der Waals surface area contributed by atoms with Crippen LogP contribution in [-0.2, 0) is 5.72 Å². The third-order valence-corrected chi connectivity index (χ3v) is 6.07. The second-order valence-corrected chi connectivity index (χ2v) is 7.75. The summed E-state index contributed by atoms with van der Waals surface area (Å²) in [6.07, 6.45) is 0.965. The van der Waals surface area contributed by atoms with Crippen LogP contribution in [0, 0.1) is 17.0 Å². The molecule has 0 aliphatic carbocycles. The summed E-state index contributed by atoms with van der Waals surface area (Å²) in [7, 11) is 0. The normalized spacial score (nSPS) is 22.5. The zero-order valence-corrected chi connectivity index (χ0v) is 15.3. The first kappa shape index (κ1) is 17.1. The van der Waals surface area contributed by atoms with Crippen molar-refractivity contribution in [2.45, 2.75) is 19.1 Å². The number of amidine groups is 1. The maximum absolute atomic E-state index is 11.6. The molecular formula is C19H20N3O3S+. The topological polar surface area (TPSA) is 69.6 Å². The number of nitrogens with zero attached hydrogens (tertiary/aromatic N) is 3. The Kier molecular flexibility index (Phi) is 4.20. The SMILES string of the molecule is Cc1cccc(N2C[C@](O)(c3cccc([N+](=O)[O-])c3)[N+]3=C2SCCC3)c1. The van der Waals surface area contributed by atoms with Crippen LogP contribution >= 0.6 is 11.8 Å². The van der Waals surface area contributed by atoms with Gasteiger partial charge < -0.3 is 5.11 Å². The summed E-state index contributed by atoms with van der Waals surface area (Å²) < 4.78 is 1.99. The van der Waals surface area contributed by atoms with Crippen molar-refractivity contribution >= 4 is 28.3 Å². The van der Waals surface area contributed by atoms with Crippen molar-refractivity contribution in [2.24, 2.45) is 0 Å². The van der Waals surface area contributed by atoms with E-state index in [1.54, 1.807) is 23.9 Å². The second kappa shape index (κ2) is 6.41. The fourth-order valence-corrected chi connectivity index (χ4v) is 4.79. The van der Waals surface area contributed by atoms with Crippen molar-refractivity contribution in [1.82, 2.24) is 0 Å². The first-order chi connectivity index (χ1) is 12.5. The van der Waals surface area contributed by atoms with E-state index < -0.39 is 10.6 Å². The molecule has 2 aliphatic heterocycles. The highest BCUT2D eigenvalue weighted by molar-refractivity contribution is 8.13. The number of thioether (sulfide) groups is 1. The third kappa shape index (κ3) is 2.77. The van der Waals surface area contributed by atoms with Crippen molar-refractivity contribution in [3.8, 4) is 0 Å². The Morgan fingerprint density at radius 2 is 2.08 bits per heavy atom. The van der Waals surface area contributed by atoms with Crippen molar-refractivity contribution in [1.29, 1.82) is 0 Å². The van der Waals surface area contributed by atoms with Crippen molar-refractivity contribution in [3.63, 3.8) is 0 Å². The van der Waals surface area contributed by atoms with Gasteiger partial charge in [0.2, 0.25) is 0 Å². The van der Waals surface area contributed by atoms with Gasteiger partial charge in [-0.1, -0.05) is 24.3 Å². The summed E-state index contributed by atoms with van der Waals surface area (Å²) in [5.41, 5.74) is 1.46. The maximum Gasteiger partial charge on any atom is 0.316 e. The Hall–Kier alpha value is -2.38. The predicted octanol–water partition coefficient (Wildman–Crippen LogP) is 3.07. The molecule has 1 N–H and O–H groups in total. The molecule has 26 heavy (non-hydrogen) atoms. The van der Waals surface area contributed by atoms with Gasteiger partial charge in [0.25, 0.3) is 11.4 Å². The van der Waals surface area contributed by atoms with Crippen LogP contribution < -0.4 is 4.90 Å². The van der Waals surface area contributed by atoms with Gasteiger partial charge in [-0.15, -0.1) is 0 Å². The van der Waals surface area contributed by atoms with Gasteiger partial charge in [-0.3, -0.25) is 10.1 Å². The molecule has 134 valence electrons. The first-order valence-electron chi connectivity index (χ1n) is 8.58. The molecule has 1 atom stereocenters. The fourth-order valence-electron chi connectivity index (χ4n) is 3.61. The Morgan fingerprint density at radius 1 is 1.27 bits per heavy atom. The molecule has 0 bridgehead atoms. The predicted molar refractivity (Wildman–Crippen MR) is 103 cm³/mol. The van der Waals surface area contributed by atoms with Crippen molar-refractivity contribution in [2.75, 3.05) is 23.7 Å². The number of benzene rings is 2. The van der Waals surface area contributed by atoms with Crippen LogP contribution in [0.4, 0.5) is 11.4 Å². The van der Waals surface area contributed by atoms with E-state index in [9.17, 15) is 15.2 Å². The van der Waals surface area contributed by atoms with E-state index >= 15 is 0 Å². The highest BCUT2D eigenvalue weighted by atomic mass is 32.2. The zero-order chi connectivity index (χ0) is 18.3. The highest BCUT2D eigenvalue weighted by Crippen LogP contribution is 2.38. The molecule has 2 heterocycles. The van der Waals surface area contributed by atoms with Gasteiger partial charge in [-0.05, 0) is 42.8 Å². The average Bonchev–Trinajstić information content (AvgIpc) is 2.96. The lowest BCUT2D eigenvalue weighted by Gasteiger charge is -2.24. The molecule has 0 amide bonds. The minimum atomic E-state index is -1.28. The zero-order valence-electron chi connectivity index (χ0n) is 14.5. The number of non-ortho nitro benzene ring substituents is 1. The van der Waals surface area contributed by atoms with Crippen LogP contribution in [0.15, 0.2) is 48.5 Å². The van der Waals surface area contributed by atoms with E-state index in [4.69, 9.17) is 0 Å². The van der Waals surface area contributed by atoms with Gasteiger partial charge in [-0.2, -0.15) is 0 Å². The fraction of sp³-hybridized carbons (Fsp3) is 0.316. The second-order valence-electron chi connectivity index (χ2n) is 6.69. The van der Waals surface area contributed by atoms with Crippen molar-refractivity contribution in [3.05, 3.63) is 69.8 Å². The van der Waals surface area contributed by atoms with Crippen LogP contribution in [0.5, 0.6) is 0 Å². The summed E-state index contributed by atoms with van der Waals surface area (Å²) in [6.45, 7) is 3.12. The molecule has 0 spiro atoms. The van der Waals surface area contributed by atoms with Gasteiger partial charge in [-0.25, -0.2) is 9.48 Å². The van der Waals surface area contributed by atoms with E-state index in [0.717, 1.165) is 35.1 Å². The number of β-amino-alcohol motifs (C(OH)–C–C–N with tert-alkyl or cyclic N) is 1. The van der Waals surface area contributed by atoms with Crippen LogP contribution in [0.2, 0.25) is 0 Å². The molecule has 7 heteroatoms. The molecule has 0 saturated heterocycles. The molecule has 6 nitrogen and oxygen atoms in total. The molecule has 4 rings (SSSR count). The summed E-state index contributed by atoms with van der Waals surface area (Å²) in [5.74, 6) is 0.999. The lowest BCUT2D eigenvalue weighted by molar-refractivity contribution is -0.656. The average molecular weight is 370 g/mol. The van der Waals surface area contributed by atoms with Gasteiger partial charge in [0.1, 0.15) is 5.69 Å². The summed E-state index contributed by atoms with van der Waals surface area (Å²) in [5, 5.41) is 23.8. The molecule has 0 aromatic heterocycles. The smallest absolute Gasteiger partial charge is 0.316 e. The monoisotopic (exact) mass is 370 g/mol. The Morgan fingerprint density at radius 3 is 2.85 bits per heavy atom. The highest BCUT2D eigenvalue weighted by Gasteiger charge is 2.53. The van der Waals surface area contributed by atoms with Crippen LogP contribution in [0.3, 0.4) is 0 Å². The number of anilines is 1. The van der Waals surface area contributed by atoms with Crippen LogP contribution in [-0.4, -0.2) is 38.6 Å². The minimum absolute atomic E-state index is 0.00357. The molecule has 2 aromatic carbocycles. The molecule has 0 fully saturated rings. The number of rotatable bonds is 3. The Labute approximate surface area is 155 Å². The number of nitro benzene ring substituents is 1. The number of hydrogen-bond acceptors (Lipinski definition) is 5. The molecule has 0 saturated carbocycles. The Balaban J connectivity index is 1.81. The van der Waals surface area contributed by atoms with Gasteiger partial charge in [0.15, 0.2) is 6.54 Å². The molecular weight excluding hydrogens is 350 g/mol. The lowest BCUT2D eigenvalue weighted by Crippen LogP contribution is -2.41. The molecule has 0 unspecified atom stereocenters. The van der Waals surface area contributed by atoms with Crippen molar-refractivity contribution < 1.29 is 14.6 Å². The van der Waals surface area contributed by atoms with Gasteiger partial charge in [0, 0.05) is 23.4 Å². The van der Waals surface area contributed by atoms with Crippen LogP contribution in [0.1, 0.15) is 17.5 Å². The quantitative estimate of drug-likeness (QED) is 0.511. The molecule has 2 aromatic rings. The third-order valence-electron chi connectivity index (χ3n) is 4.88. The lowest BCUT2D eigenvalue weighted by atomic mass is 10.0. The van der Waals surface area contributed by atoms with Crippen LogP contribution in [0.25, 0.3) is 0 Å². The summed E-state index contributed by atoms with van der Waals surface area (Å²) in [4.78, 5) is 12.9. The summed E-state index contributed by atoms with van der Waals surface area (Å²) in [6, 6.07) is 14.5. The molecule has 2 aliphatic rings. The largest absolute Gasteiger partial charge is 0.346 e. The van der Waals surface area contributed by atoms with E-state index in [0.29, 0.717) is 12.1 Å². The van der Waals surface area contributed by atoms with E-state index in [2.05, 4.69) is 11.0 Å². The molecule has 0 radical (unpaired) electrons. The first-order valence-corrected chi connectivity index (χ1v) is 9.56. The van der Waals surface area contributed by atoms with Gasteiger partial charge >= 0.3 is 5.17 Å². The summed E-state index contributed by atoms with van der Waals surface area (Å²) >= 11 is 1.72. The number of aryl methyl sites for hydroxylation is 1. The number of aliphatic hydroxyl groups is 1. The number of nitro groups is 1. The number of hydrogen-bond donors (Lipinski definition) is 1. The minimum Gasteiger partial charge on any atom is -0.346 e. The Bertz CT molecular complexity index is 914. The standard InChI is InChI=1S/C19H20N3O3S/c1-14-5-2-7-16(11-14)20-13-19(23,21-9-4-10-26-18(20)21)15-6-3-8-17(12-15)22(24)25/h2-3,5-8,11-12,23H,4,9-10,13H2,1H3/q+1/t19-/m0/s1. The van der Waals surface area contributed by atoms with E-state index in [1.165, 1.54) is 12.1 Å². The maximum atomic E-state index is 11.6. The van der Waals surface area contributed by atoms with E-state index in [1.807, 2.05) is 29.7 Å².